The number of carbonyl (C=O) groups is 2. The van der Waals surface area contributed by atoms with Crippen molar-refractivity contribution >= 4 is 28.0 Å². The molecule has 0 fully saturated rings. The molecule has 8 heteroatoms. The van der Waals surface area contributed by atoms with Crippen molar-refractivity contribution in [2.75, 3.05) is 31.5 Å². The molecule has 0 aromatic heterocycles. The number of nitrogens with one attached hydrogen (secondary N) is 4. The Balaban J connectivity index is 0. The van der Waals surface area contributed by atoms with Crippen LogP contribution in [0.5, 0.6) is 0 Å². The van der Waals surface area contributed by atoms with Crippen molar-refractivity contribution in [1.82, 2.24) is 21.3 Å². The van der Waals surface area contributed by atoms with Gasteiger partial charge in [0.2, 0.25) is 0 Å². The van der Waals surface area contributed by atoms with Crippen LogP contribution in [0.15, 0.2) is 24.3 Å². The number of alkyl halides is 1. The Bertz CT molecular complexity index is 724. The van der Waals surface area contributed by atoms with E-state index in [1.165, 1.54) is 77.0 Å². The number of nitrogens with zero attached hydrogens (tertiary/aromatic N) is 1. The van der Waals surface area contributed by atoms with Crippen molar-refractivity contribution in [2.45, 2.75) is 162 Å². The molecule has 0 bridgehead atoms. The molecule has 0 atom stereocenters. The molecular formula is C37H70BrN5O2. The average Bonchev–Trinajstić information content (AvgIpc) is 3.04. The fourth-order valence-electron chi connectivity index (χ4n) is 4.46. The molecule has 0 radical (unpaired) electrons. The van der Waals surface area contributed by atoms with Crippen molar-refractivity contribution in [2.24, 2.45) is 0 Å². The number of rotatable bonds is 30. The molecule has 0 saturated heterocycles. The Kier molecular flexibility index (Phi) is 42.1. The largest absolute Gasteiger partial charge is 0.338 e. The van der Waals surface area contributed by atoms with E-state index in [0.29, 0.717) is 6.42 Å². The lowest BCUT2D eigenvalue weighted by Gasteiger charge is -2.06. The van der Waals surface area contributed by atoms with E-state index in [-0.39, 0.29) is 12.1 Å². The second kappa shape index (κ2) is 42.0. The monoisotopic (exact) mass is 695 g/mol. The van der Waals surface area contributed by atoms with Gasteiger partial charge in [-0.3, -0.25) is 0 Å². The lowest BCUT2D eigenvalue weighted by molar-refractivity contribution is 0.239. The number of nitriles is 1. The van der Waals surface area contributed by atoms with Crippen LogP contribution in [0.3, 0.4) is 0 Å². The fraction of sp³-hybridized carbons (Fsp3) is 0.811. The number of carbonyl (C=O) groups excluding carboxylic acids is 2. The molecule has 0 aliphatic heterocycles. The third kappa shape index (κ3) is 44.2. The van der Waals surface area contributed by atoms with Crippen LogP contribution in [-0.2, 0) is 0 Å². The summed E-state index contributed by atoms with van der Waals surface area (Å²) < 4.78 is 0. The first-order chi connectivity index (χ1) is 22.1. The van der Waals surface area contributed by atoms with Gasteiger partial charge in [0.1, 0.15) is 0 Å². The molecule has 0 heterocycles. The first-order valence-electron chi connectivity index (χ1n) is 18.4. The summed E-state index contributed by atoms with van der Waals surface area (Å²) in [5.41, 5.74) is 0. The summed E-state index contributed by atoms with van der Waals surface area (Å²) in [5, 5.41) is 21.1. The summed E-state index contributed by atoms with van der Waals surface area (Å²) in [4.78, 5) is 22.9. The van der Waals surface area contributed by atoms with Gasteiger partial charge in [0, 0.05) is 37.9 Å². The molecule has 7 nitrogen and oxygen atoms in total. The number of allylic oxidation sites excluding steroid dienone is 4. The maximum atomic E-state index is 11.5. The minimum Gasteiger partial charge on any atom is -0.338 e. The van der Waals surface area contributed by atoms with E-state index in [2.05, 4.69) is 81.4 Å². The first-order valence-corrected chi connectivity index (χ1v) is 19.5. The van der Waals surface area contributed by atoms with E-state index in [1.807, 2.05) is 0 Å². The number of halogens is 1. The number of unbranched alkanes of at least 4 members (excludes halogenated alkanes) is 17. The van der Waals surface area contributed by atoms with E-state index < -0.39 is 0 Å². The Hall–Kier alpha value is -2.01. The van der Waals surface area contributed by atoms with Gasteiger partial charge >= 0.3 is 12.1 Å². The molecular weight excluding hydrogens is 626 g/mol. The Morgan fingerprint density at radius 3 is 1.20 bits per heavy atom. The van der Waals surface area contributed by atoms with Crippen LogP contribution < -0.4 is 21.3 Å². The number of urea groups is 2. The SMILES string of the molecule is CCCCCNC(=O)NCCCC/C=C\CCCCCCBr.CCCCCNC(=O)NCCCC/C=C\CCCCCCC#N. The van der Waals surface area contributed by atoms with E-state index in [0.717, 1.165) is 95.7 Å². The van der Waals surface area contributed by atoms with Crippen molar-refractivity contribution in [3.63, 3.8) is 0 Å². The normalized spacial score (nSPS) is 10.8. The number of hydrogen-bond donors (Lipinski definition) is 4. The summed E-state index contributed by atoms with van der Waals surface area (Å²) in [6, 6.07) is 2.13. The van der Waals surface area contributed by atoms with Gasteiger partial charge in [-0.1, -0.05) is 105 Å². The maximum Gasteiger partial charge on any atom is 0.314 e. The lowest BCUT2D eigenvalue weighted by Crippen LogP contribution is -2.36. The molecule has 45 heavy (non-hydrogen) atoms. The molecule has 0 aliphatic carbocycles. The van der Waals surface area contributed by atoms with E-state index in [9.17, 15) is 9.59 Å². The third-order valence-corrected chi connectivity index (χ3v) is 7.86. The van der Waals surface area contributed by atoms with E-state index >= 15 is 0 Å². The highest BCUT2D eigenvalue weighted by Crippen LogP contribution is 2.07. The van der Waals surface area contributed by atoms with Gasteiger partial charge in [-0.15, -0.1) is 0 Å². The highest BCUT2D eigenvalue weighted by atomic mass is 79.9. The zero-order chi connectivity index (χ0) is 33.3. The van der Waals surface area contributed by atoms with Gasteiger partial charge in [-0.2, -0.15) is 5.26 Å². The summed E-state index contributed by atoms with van der Waals surface area (Å²) in [6.07, 6.45) is 35.5. The van der Waals surface area contributed by atoms with Crippen molar-refractivity contribution in [1.29, 1.82) is 5.26 Å². The summed E-state index contributed by atoms with van der Waals surface area (Å²) >= 11 is 3.46. The van der Waals surface area contributed by atoms with Crippen LogP contribution in [0.25, 0.3) is 0 Å². The van der Waals surface area contributed by atoms with Gasteiger partial charge in [0.25, 0.3) is 0 Å². The zero-order valence-corrected chi connectivity index (χ0v) is 30.8. The molecule has 4 amide bonds. The Labute approximate surface area is 286 Å². The second-order valence-corrected chi connectivity index (χ2v) is 12.5. The van der Waals surface area contributed by atoms with Crippen molar-refractivity contribution in [3.8, 4) is 6.07 Å². The topological polar surface area (TPSA) is 106 Å². The smallest absolute Gasteiger partial charge is 0.314 e. The standard InChI is InChI=1S/C19H35N3O.C18H35BrN2O/c1-2-3-14-17-21-19(23)22-18-15-12-10-8-6-4-5-7-9-11-13-16-20;1-2-3-13-16-20-18(22)21-17-14-11-9-7-5-4-6-8-10-12-15-19/h6,8H,2-5,7,9-15,17-18H2,1H3,(H2,21,22,23);5,7H,2-4,6,8-17H2,1H3,(H2,20,21,22)/b8-6-;7-5-. The zero-order valence-electron chi connectivity index (χ0n) is 29.3. The minimum atomic E-state index is -0.0342. The van der Waals surface area contributed by atoms with Gasteiger partial charge in [0.15, 0.2) is 0 Å². The highest BCUT2D eigenvalue weighted by molar-refractivity contribution is 9.09. The van der Waals surface area contributed by atoms with Gasteiger partial charge in [0.05, 0.1) is 6.07 Å². The van der Waals surface area contributed by atoms with Gasteiger partial charge in [-0.05, 0) is 89.9 Å². The predicted molar refractivity (Wildman–Crippen MR) is 198 cm³/mol. The van der Waals surface area contributed by atoms with Crippen molar-refractivity contribution < 1.29 is 9.59 Å². The van der Waals surface area contributed by atoms with Gasteiger partial charge < -0.3 is 21.3 Å². The predicted octanol–water partition coefficient (Wildman–Crippen LogP) is 10.6. The summed E-state index contributed by atoms with van der Waals surface area (Å²) in [7, 11) is 0. The molecule has 0 rings (SSSR count). The van der Waals surface area contributed by atoms with Crippen LogP contribution >= 0.6 is 15.9 Å². The Morgan fingerprint density at radius 1 is 0.511 bits per heavy atom. The molecule has 262 valence electrons. The second-order valence-electron chi connectivity index (χ2n) is 11.7. The fourth-order valence-corrected chi connectivity index (χ4v) is 4.85. The molecule has 0 spiro atoms. The van der Waals surface area contributed by atoms with Crippen molar-refractivity contribution in [3.05, 3.63) is 24.3 Å². The van der Waals surface area contributed by atoms with E-state index in [1.54, 1.807) is 0 Å². The number of hydrogen-bond acceptors (Lipinski definition) is 3. The Morgan fingerprint density at radius 2 is 0.844 bits per heavy atom. The van der Waals surface area contributed by atoms with Crippen LogP contribution in [-0.4, -0.2) is 43.6 Å². The van der Waals surface area contributed by atoms with Crippen LogP contribution in [0, 0.1) is 11.3 Å². The summed E-state index contributed by atoms with van der Waals surface area (Å²) in [5.74, 6) is 0. The molecule has 0 aromatic rings. The molecule has 0 aromatic carbocycles. The number of amides is 4. The average molecular weight is 697 g/mol. The quantitative estimate of drug-likeness (QED) is 0.0341. The van der Waals surface area contributed by atoms with Crippen LogP contribution in [0.2, 0.25) is 0 Å². The minimum absolute atomic E-state index is 0.0184. The van der Waals surface area contributed by atoms with Crippen LogP contribution in [0.1, 0.15) is 162 Å². The molecule has 0 aliphatic rings. The molecule has 4 N–H and O–H groups in total. The third-order valence-electron chi connectivity index (χ3n) is 7.30. The lowest BCUT2D eigenvalue weighted by atomic mass is 10.1. The maximum absolute atomic E-state index is 11.5. The summed E-state index contributed by atoms with van der Waals surface area (Å²) in [6.45, 7) is 7.42. The van der Waals surface area contributed by atoms with Gasteiger partial charge in [-0.25, -0.2) is 9.59 Å². The first kappa shape index (κ1) is 45.1. The molecule has 0 saturated carbocycles. The van der Waals surface area contributed by atoms with E-state index in [4.69, 9.17) is 5.26 Å². The molecule has 0 unspecified atom stereocenters. The van der Waals surface area contributed by atoms with Crippen LogP contribution in [0.4, 0.5) is 9.59 Å². The highest BCUT2D eigenvalue weighted by Gasteiger charge is 1.98.